The van der Waals surface area contributed by atoms with Gasteiger partial charge in [0.25, 0.3) is 5.91 Å². The number of benzene rings is 1. The average molecular weight is 359 g/mol. The number of amides is 3. The Morgan fingerprint density at radius 1 is 1.23 bits per heavy atom. The molecule has 2 fully saturated rings. The van der Waals surface area contributed by atoms with Crippen molar-refractivity contribution >= 4 is 17.7 Å². The summed E-state index contributed by atoms with van der Waals surface area (Å²) in [6.07, 6.45) is 0.250. The molecular formula is C19H25N3O4. The number of hydrogen-bond donors (Lipinski definition) is 1. The number of nitrogens with one attached hydrogen (secondary N) is 1. The molecule has 1 aromatic carbocycles. The summed E-state index contributed by atoms with van der Waals surface area (Å²) in [6.45, 7) is 5.35. The SMILES string of the molecule is CNC(=O)C1CC(=O)N(C2CN(C(=O)COc3cc(C)ccc3C)C2)C1. The van der Waals surface area contributed by atoms with Crippen LogP contribution in [0, 0.1) is 19.8 Å². The maximum Gasteiger partial charge on any atom is 0.260 e. The van der Waals surface area contributed by atoms with Gasteiger partial charge in [0.05, 0.1) is 12.0 Å². The van der Waals surface area contributed by atoms with Crippen molar-refractivity contribution in [1.29, 1.82) is 0 Å². The number of nitrogens with zero attached hydrogens (tertiary/aromatic N) is 2. The second kappa shape index (κ2) is 7.35. The molecule has 0 spiro atoms. The van der Waals surface area contributed by atoms with Gasteiger partial charge in [-0.3, -0.25) is 14.4 Å². The van der Waals surface area contributed by atoms with Crippen molar-refractivity contribution in [2.24, 2.45) is 5.92 Å². The molecular weight excluding hydrogens is 334 g/mol. The van der Waals surface area contributed by atoms with Gasteiger partial charge in [-0.15, -0.1) is 0 Å². The zero-order chi connectivity index (χ0) is 18.8. The van der Waals surface area contributed by atoms with E-state index < -0.39 is 0 Å². The molecule has 3 amide bonds. The molecule has 140 valence electrons. The zero-order valence-corrected chi connectivity index (χ0v) is 15.4. The van der Waals surface area contributed by atoms with Crippen molar-refractivity contribution in [3.8, 4) is 5.75 Å². The third kappa shape index (κ3) is 3.66. The van der Waals surface area contributed by atoms with Gasteiger partial charge in [-0.1, -0.05) is 12.1 Å². The molecule has 1 unspecified atom stereocenters. The number of ether oxygens (including phenoxy) is 1. The van der Waals surface area contributed by atoms with E-state index in [2.05, 4.69) is 5.32 Å². The van der Waals surface area contributed by atoms with Crippen LogP contribution in [0.5, 0.6) is 5.75 Å². The zero-order valence-electron chi connectivity index (χ0n) is 15.4. The monoisotopic (exact) mass is 359 g/mol. The Balaban J connectivity index is 1.47. The van der Waals surface area contributed by atoms with Gasteiger partial charge in [-0.2, -0.15) is 0 Å². The Hall–Kier alpha value is -2.57. The number of likely N-dealkylation sites (tertiary alicyclic amines) is 2. The highest BCUT2D eigenvalue weighted by Crippen LogP contribution is 2.25. The molecule has 7 heteroatoms. The summed E-state index contributed by atoms with van der Waals surface area (Å²) in [6, 6.07) is 5.89. The molecule has 0 aromatic heterocycles. The minimum absolute atomic E-state index is 0.00168. The highest BCUT2D eigenvalue weighted by Gasteiger charge is 2.43. The first-order valence-electron chi connectivity index (χ1n) is 8.88. The van der Waals surface area contributed by atoms with Crippen LogP contribution >= 0.6 is 0 Å². The largest absolute Gasteiger partial charge is 0.483 e. The van der Waals surface area contributed by atoms with E-state index in [-0.39, 0.29) is 42.7 Å². The van der Waals surface area contributed by atoms with Gasteiger partial charge in [-0.25, -0.2) is 0 Å². The lowest BCUT2D eigenvalue weighted by molar-refractivity contribution is -0.145. The second-order valence-corrected chi connectivity index (χ2v) is 7.07. The van der Waals surface area contributed by atoms with Crippen LogP contribution in [-0.2, 0) is 14.4 Å². The van der Waals surface area contributed by atoms with Crippen LogP contribution in [0.2, 0.25) is 0 Å². The predicted molar refractivity (Wildman–Crippen MR) is 95.7 cm³/mol. The highest BCUT2D eigenvalue weighted by molar-refractivity contribution is 5.89. The van der Waals surface area contributed by atoms with Gasteiger partial charge in [0.2, 0.25) is 11.8 Å². The smallest absolute Gasteiger partial charge is 0.260 e. The molecule has 2 aliphatic rings. The van der Waals surface area contributed by atoms with Crippen molar-refractivity contribution in [1.82, 2.24) is 15.1 Å². The third-order valence-corrected chi connectivity index (χ3v) is 5.13. The Morgan fingerprint density at radius 2 is 1.96 bits per heavy atom. The fraction of sp³-hybridized carbons (Fsp3) is 0.526. The fourth-order valence-electron chi connectivity index (χ4n) is 3.41. The lowest BCUT2D eigenvalue weighted by atomic mass is 10.1. The number of rotatable bonds is 5. The van der Waals surface area contributed by atoms with E-state index in [1.807, 2.05) is 32.0 Å². The van der Waals surface area contributed by atoms with Crippen LogP contribution in [0.4, 0.5) is 0 Å². The summed E-state index contributed by atoms with van der Waals surface area (Å²) in [5.41, 5.74) is 2.08. The Kier molecular flexibility index (Phi) is 5.15. The van der Waals surface area contributed by atoms with E-state index in [0.717, 1.165) is 16.9 Å². The van der Waals surface area contributed by atoms with Gasteiger partial charge < -0.3 is 19.9 Å². The van der Waals surface area contributed by atoms with Gasteiger partial charge in [0.1, 0.15) is 5.75 Å². The number of carbonyl (C=O) groups excluding carboxylic acids is 3. The maximum atomic E-state index is 12.3. The summed E-state index contributed by atoms with van der Waals surface area (Å²) in [5, 5.41) is 2.59. The van der Waals surface area contributed by atoms with E-state index in [9.17, 15) is 14.4 Å². The van der Waals surface area contributed by atoms with E-state index in [1.165, 1.54) is 0 Å². The second-order valence-electron chi connectivity index (χ2n) is 7.07. The first kappa shape index (κ1) is 18.2. The number of hydrogen-bond acceptors (Lipinski definition) is 4. The average Bonchev–Trinajstić information content (AvgIpc) is 2.95. The first-order chi connectivity index (χ1) is 12.4. The van der Waals surface area contributed by atoms with Crippen LogP contribution in [0.25, 0.3) is 0 Å². The minimum atomic E-state index is -0.287. The van der Waals surface area contributed by atoms with Crippen molar-refractivity contribution < 1.29 is 19.1 Å². The minimum Gasteiger partial charge on any atom is -0.483 e. The Morgan fingerprint density at radius 3 is 2.65 bits per heavy atom. The first-order valence-corrected chi connectivity index (χ1v) is 8.88. The molecule has 1 N–H and O–H groups in total. The van der Waals surface area contributed by atoms with E-state index >= 15 is 0 Å². The lowest BCUT2D eigenvalue weighted by Gasteiger charge is -2.44. The van der Waals surface area contributed by atoms with Gasteiger partial charge in [0.15, 0.2) is 6.61 Å². The number of carbonyl (C=O) groups is 3. The van der Waals surface area contributed by atoms with Gasteiger partial charge in [-0.05, 0) is 31.0 Å². The van der Waals surface area contributed by atoms with Gasteiger partial charge in [0, 0.05) is 33.1 Å². The molecule has 2 heterocycles. The van der Waals surface area contributed by atoms with E-state index in [4.69, 9.17) is 4.74 Å². The Labute approximate surface area is 153 Å². The summed E-state index contributed by atoms with van der Waals surface area (Å²) >= 11 is 0. The molecule has 26 heavy (non-hydrogen) atoms. The topological polar surface area (TPSA) is 79.0 Å². The van der Waals surface area contributed by atoms with Crippen LogP contribution in [0.15, 0.2) is 18.2 Å². The normalized spacial score (nSPS) is 20.1. The third-order valence-electron chi connectivity index (χ3n) is 5.13. The van der Waals surface area contributed by atoms with E-state index in [1.54, 1.807) is 16.8 Å². The summed E-state index contributed by atoms with van der Waals surface area (Å²) in [4.78, 5) is 39.5. The molecule has 1 atom stereocenters. The van der Waals surface area contributed by atoms with Crippen molar-refractivity contribution in [2.75, 3.05) is 33.3 Å². The molecule has 1 aromatic rings. The lowest BCUT2D eigenvalue weighted by Crippen LogP contribution is -2.62. The standard InChI is InChI=1S/C19H25N3O4/c1-12-4-5-13(2)16(6-12)26-11-18(24)21-9-15(10-21)22-8-14(7-17(22)23)19(25)20-3/h4-6,14-15H,7-11H2,1-3H3,(H,20,25). The highest BCUT2D eigenvalue weighted by atomic mass is 16.5. The molecule has 7 nitrogen and oxygen atoms in total. The molecule has 3 rings (SSSR count). The van der Waals surface area contributed by atoms with Crippen LogP contribution in [0.1, 0.15) is 17.5 Å². The van der Waals surface area contributed by atoms with Crippen molar-refractivity contribution in [3.63, 3.8) is 0 Å². The Bertz CT molecular complexity index is 727. The fourth-order valence-corrected chi connectivity index (χ4v) is 3.41. The molecule has 0 radical (unpaired) electrons. The summed E-state index contributed by atoms with van der Waals surface area (Å²) < 4.78 is 5.66. The molecule has 0 bridgehead atoms. The van der Waals surface area contributed by atoms with E-state index in [0.29, 0.717) is 19.6 Å². The number of aryl methyl sites for hydroxylation is 2. The maximum absolute atomic E-state index is 12.3. The van der Waals surface area contributed by atoms with Crippen molar-refractivity contribution in [2.45, 2.75) is 26.3 Å². The molecule has 0 aliphatic carbocycles. The van der Waals surface area contributed by atoms with Gasteiger partial charge >= 0.3 is 0 Å². The summed E-state index contributed by atoms with van der Waals surface area (Å²) in [7, 11) is 1.58. The molecule has 2 saturated heterocycles. The van der Waals surface area contributed by atoms with Crippen LogP contribution < -0.4 is 10.1 Å². The molecule has 0 saturated carbocycles. The quantitative estimate of drug-likeness (QED) is 0.830. The van der Waals surface area contributed by atoms with Crippen molar-refractivity contribution in [3.05, 3.63) is 29.3 Å². The molecule has 2 aliphatic heterocycles. The van der Waals surface area contributed by atoms with Crippen LogP contribution in [0.3, 0.4) is 0 Å². The van der Waals surface area contributed by atoms with Crippen LogP contribution in [-0.4, -0.2) is 66.9 Å². The predicted octanol–water partition coefficient (Wildman–Crippen LogP) is 0.488. The summed E-state index contributed by atoms with van der Waals surface area (Å²) in [5.74, 6) is 0.234.